The van der Waals surface area contributed by atoms with Gasteiger partial charge in [-0.3, -0.25) is 0 Å². The third-order valence-corrected chi connectivity index (χ3v) is 4.66. The molecular formula is C16H23N3O3. The predicted octanol–water partition coefficient (Wildman–Crippen LogP) is 1.39. The van der Waals surface area contributed by atoms with E-state index in [-0.39, 0.29) is 11.2 Å². The lowest BCUT2D eigenvalue weighted by atomic mass is 9.89. The number of carboxylic acid groups (broad SMARTS) is 1. The SMILES string of the molecule is Cc1ccc(C(=O)O)c(N2CCC3(CC2)CN(C)CCO3)n1. The monoisotopic (exact) mass is 305 g/mol. The number of nitrogens with zero attached hydrogens (tertiary/aromatic N) is 3. The molecule has 1 aromatic rings. The van der Waals surface area contributed by atoms with E-state index in [0.717, 1.165) is 51.3 Å². The summed E-state index contributed by atoms with van der Waals surface area (Å²) in [7, 11) is 2.13. The number of likely N-dealkylation sites (N-methyl/N-ethyl adjacent to an activating group) is 1. The van der Waals surface area contributed by atoms with Gasteiger partial charge in [0, 0.05) is 31.9 Å². The van der Waals surface area contributed by atoms with E-state index < -0.39 is 5.97 Å². The van der Waals surface area contributed by atoms with Crippen LogP contribution in [0.25, 0.3) is 0 Å². The Morgan fingerprint density at radius 1 is 1.32 bits per heavy atom. The predicted molar refractivity (Wildman–Crippen MR) is 83.6 cm³/mol. The van der Waals surface area contributed by atoms with Crippen molar-refractivity contribution in [3.05, 3.63) is 23.4 Å². The second-order valence-electron chi connectivity index (χ2n) is 6.39. The fourth-order valence-corrected chi connectivity index (χ4v) is 3.41. The number of carboxylic acids is 1. The van der Waals surface area contributed by atoms with E-state index in [0.29, 0.717) is 5.82 Å². The van der Waals surface area contributed by atoms with Gasteiger partial charge in [0.1, 0.15) is 11.4 Å². The highest BCUT2D eigenvalue weighted by Crippen LogP contribution is 2.32. The van der Waals surface area contributed by atoms with Gasteiger partial charge >= 0.3 is 5.97 Å². The molecule has 2 saturated heterocycles. The largest absolute Gasteiger partial charge is 0.478 e. The molecule has 1 N–H and O–H groups in total. The number of hydrogen-bond acceptors (Lipinski definition) is 5. The van der Waals surface area contributed by atoms with Crippen LogP contribution in [0.5, 0.6) is 0 Å². The molecule has 0 aliphatic carbocycles. The van der Waals surface area contributed by atoms with Crippen molar-refractivity contribution in [2.75, 3.05) is 44.7 Å². The average molecular weight is 305 g/mol. The highest BCUT2D eigenvalue weighted by atomic mass is 16.5. The van der Waals surface area contributed by atoms with Crippen LogP contribution in [-0.4, -0.2) is 66.4 Å². The smallest absolute Gasteiger partial charge is 0.339 e. The minimum atomic E-state index is -0.920. The van der Waals surface area contributed by atoms with Crippen LogP contribution in [0.1, 0.15) is 28.9 Å². The van der Waals surface area contributed by atoms with Crippen LogP contribution in [0.3, 0.4) is 0 Å². The lowest BCUT2D eigenvalue weighted by Crippen LogP contribution is -2.56. The highest BCUT2D eigenvalue weighted by Gasteiger charge is 2.39. The van der Waals surface area contributed by atoms with Gasteiger partial charge in [0.2, 0.25) is 0 Å². The summed E-state index contributed by atoms with van der Waals surface area (Å²) >= 11 is 0. The summed E-state index contributed by atoms with van der Waals surface area (Å²) < 4.78 is 6.06. The van der Waals surface area contributed by atoms with Crippen molar-refractivity contribution in [1.82, 2.24) is 9.88 Å². The minimum Gasteiger partial charge on any atom is -0.478 e. The van der Waals surface area contributed by atoms with Crippen LogP contribution in [0, 0.1) is 6.92 Å². The summed E-state index contributed by atoms with van der Waals surface area (Å²) in [6.07, 6.45) is 1.82. The quantitative estimate of drug-likeness (QED) is 0.891. The molecule has 1 spiro atoms. The molecule has 0 amide bonds. The molecule has 3 rings (SSSR count). The Morgan fingerprint density at radius 3 is 2.68 bits per heavy atom. The van der Waals surface area contributed by atoms with Crippen molar-refractivity contribution in [1.29, 1.82) is 0 Å². The first-order valence-electron chi connectivity index (χ1n) is 7.77. The first kappa shape index (κ1) is 15.2. The lowest BCUT2D eigenvalue weighted by molar-refractivity contribution is -0.115. The Morgan fingerprint density at radius 2 is 2.05 bits per heavy atom. The van der Waals surface area contributed by atoms with E-state index >= 15 is 0 Å². The van der Waals surface area contributed by atoms with Crippen molar-refractivity contribution in [2.24, 2.45) is 0 Å². The van der Waals surface area contributed by atoms with Crippen molar-refractivity contribution in [3.63, 3.8) is 0 Å². The van der Waals surface area contributed by atoms with Crippen molar-refractivity contribution in [2.45, 2.75) is 25.4 Å². The van der Waals surface area contributed by atoms with Gasteiger partial charge < -0.3 is 19.6 Å². The zero-order valence-corrected chi connectivity index (χ0v) is 13.2. The molecule has 2 aliphatic rings. The van der Waals surface area contributed by atoms with Crippen molar-refractivity contribution >= 4 is 11.8 Å². The standard InChI is InChI=1S/C16H23N3O3/c1-12-3-4-13(15(20)21)14(17-12)19-7-5-16(6-8-19)11-18(2)9-10-22-16/h3-4H,5-11H2,1-2H3,(H,20,21). The number of pyridine rings is 1. The van der Waals surface area contributed by atoms with Gasteiger partial charge in [0.15, 0.2) is 0 Å². The van der Waals surface area contributed by atoms with Gasteiger partial charge in [0.25, 0.3) is 0 Å². The Balaban J connectivity index is 1.76. The van der Waals surface area contributed by atoms with E-state index in [1.165, 1.54) is 0 Å². The second kappa shape index (κ2) is 5.85. The number of ether oxygens (including phenoxy) is 1. The number of carbonyl (C=O) groups is 1. The van der Waals surface area contributed by atoms with Crippen LogP contribution in [0.4, 0.5) is 5.82 Å². The summed E-state index contributed by atoms with van der Waals surface area (Å²) in [5, 5.41) is 9.37. The van der Waals surface area contributed by atoms with Gasteiger partial charge in [0.05, 0.1) is 12.2 Å². The number of anilines is 1. The van der Waals surface area contributed by atoms with Gasteiger partial charge in [-0.1, -0.05) is 0 Å². The molecule has 0 atom stereocenters. The van der Waals surface area contributed by atoms with Crippen molar-refractivity contribution < 1.29 is 14.6 Å². The highest BCUT2D eigenvalue weighted by molar-refractivity contribution is 5.93. The number of aromatic nitrogens is 1. The van der Waals surface area contributed by atoms with E-state index in [2.05, 4.69) is 21.8 Å². The molecule has 0 bridgehead atoms. The minimum absolute atomic E-state index is 0.0727. The van der Waals surface area contributed by atoms with Gasteiger partial charge in [-0.05, 0) is 38.9 Å². The van der Waals surface area contributed by atoms with Crippen molar-refractivity contribution in [3.8, 4) is 0 Å². The molecule has 0 radical (unpaired) electrons. The number of piperidine rings is 1. The van der Waals surface area contributed by atoms with E-state index in [9.17, 15) is 9.90 Å². The molecule has 1 aromatic heterocycles. The third-order valence-electron chi connectivity index (χ3n) is 4.66. The maximum atomic E-state index is 11.4. The number of hydrogen-bond donors (Lipinski definition) is 1. The first-order valence-corrected chi connectivity index (χ1v) is 7.77. The maximum Gasteiger partial charge on any atom is 0.339 e. The summed E-state index contributed by atoms with van der Waals surface area (Å²) in [4.78, 5) is 20.3. The van der Waals surface area contributed by atoms with Crippen LogP contribution < -0.4 is 4.90 Å². The van der Waals surface area contributed by atoms with Crippen LogP contribution >= 0.6 is 0 Å². The second-order valence-corrected chi connectivity index (χ2v) is 6.39. The average Bonchev–Trinajstić information content (AvgIpc) is 2.47. The molecule has 2 fully saturated rings. The summed E-state index contributed by atoms with van der Waals surface area (Å²) in [5.74, 6) is -0.331. The van der Waals surface area contributed by atoms with Gasteiger partial charge in [-0.25, -0.2) is 9.78 Å². The van der Waals surface area contributed by atoms with Crippen LogP contribution in [0.15, 0.2) is 12.1 Å². The molecular weight excluding hydrogens is 282 g/mol. The topological polar surface area (TPSA) is 65.9 Å². The zero-order valence-electron chi connectivity index (χ0n) is 13.2. The van der Waals surface area contributed by atoms with Crippen LogP contribution in [0.2, 0.25) is 0 Å². The molecule has 3 heterocycles. The van der Waals surface area contributed by atoms with E-state index in [1.54, 1.807) is 12.1 Å². The van der Waals surface area contributed by atoms with E-state index in [1.807, 2.05) is 6.92 Å². The maximum absolute atomic E-state index is 11.4. The summed E-state index contributed by atoms with van der Waals surface area (Å²) in [5.41, 5.74) is 1.05. The Kier molecular flexibility index (Phi) is 4.06. The lowest BCUT2D eigenvalue weighted by Gasteiger charge is -2.46. The number of aryl methyl sites for hydroxylation is 1. The summed E-state index contributed by atoms with van der Waals surface area (Å²) in [6, 6.07) is 3.40. The van der Waals surface area contributed by atoms with Gasteiger partial charge in [-0.2, -0.15) is 0 Å². The molecule has 22 heavy (non-hydrogen) atoms. The number of rotatable bonds is 2. The molecule has 0 unspecified atom stereocenters. The Bertz CT molecular complexity index is 568. The van der Waals surface area contributed by atoms with Crippen LogP contribution in [-0.2, 0) is 4.74 Å². The Labute approximate surface area is 130 Å². The third kappa shape index (κ3) is 2.94. The normalized spacial score (nSPS) is 22.0. The fourth-order valence-electron chi connectivity index (χ4n) is 3.41. The molecule has 0 aromatic carbocycles. The molecule has 0 saturated carbocycles. The Hall–Kier alpha value is -1.66. The first-order chi connectivity index (χ1) is 10.5. The summed E-state index contributed by atoms with van der Waals surface area (Å²) in [6.45, 7) is 6.16. The molecule has 120 valence electrons. The zero-order chi connectivity index (χ0) is 15.7. The van der Waals surface area contributed by atoms with Gasteiger partial charge in [-0.15, -0.1) is 0 Å². The molecule has 6 heteroatoms. The number of morpholine rings is 1. The fraction of sp³-hybridized carbons (Fsp3) is 0.625. The molecule has 2 aliphatic heterocycles. The molecule has 6 nitrogen and oxygen atoms in total. The van der Waals surface area contributed by atoms with E-state index in [4.69, 9.17) is 4.74 Å². The number of aromatic carboxylic acids is 1.